The Morgan fingerprint density at radius 2 is 0.556 bits per heavy atom. The minimum Gasteiger partial charge on any atom is -0.280 e. The molecule has 0 saturated carbocycles. The second-order valence-electron chi connectivity index (χ2n) is 14.5. The van der Waals surface area contributed by atoms with E-state index in [1.54, 1.807) is 0 Å². The first kappa shape index (κ1) is 32.4. The van der Waals surface area contributed by atoms with Crippen molar-refractivity contribution in [1.82, 2.24) is 29.4 Å². The quantitative estimate of drug-likeness (QED) is 0.160. The van der Waals surface area contributed by atoms with Gasteiger partial charge in [-0.3, -0.25) is 29.4 Å². The van der Waals surface area contributed by atoms with Crippen molar-refractivity contribution < 1.29 is 9.59 Å². The van der Waals surface area contributed by atoms with E-state index in [9.17, 15) is 0 Å². The highest BCUT2D eigenvalue weighted by Gasteiger charge is 2.82. The van der Waals surface area contributed by atoms with E-state index in [4.69, 9.17) is 0 Å². The van der Waals surface area contributed by atoms with Crippen LogP contribution in [0.4, 0.5) is 9.59 Å². The van der Waals surface area contributed by atoms with E-state index in [0.29, 0.717) is 26.7 Å². The molecule has 0 atom stereocenters. The highest BCUT2D eigenvalue weighted by molar-refractivity contribution is 5.90. The van der Waals surface area contributed by atoms with Crippen LogP contribution in [0, 0.1) is 0 Å². The molecule has 4 fully saturated rings. The van der Waals surface area contributed by atoms with Crippen molar-refractivity contribution in [3.63, 3.8) is 0 Å². The zero-order chi connectivity index (χ0) is 36.3. The topological polar surface area (TPSA) is 53.6 Å². The van der Waals surface area contributed by atoms with Crippen molar-refractivity contribution in [2.45, 2.75) is 23.4 Å². The number of rotatable bonds is 8. The monoisotopic (exact) mass is 708 g/mol. The van der Waals surface area contributed by atoms with Gasteiger partial charge in [0.2, 0.25) is 0 Å². The summed E-state index contributed by atoms with van der Waals surface area (Å²) >= 11 is 0. The Kier molecular flexibility index (Phi) is 7.64. The number of hydrogen-bond acceptors (Lipinski definition) is 4. The van der Waals surface area contributed by atoms with Gasteiger partial charge in [-0.2, -0.15) is 0 Å². The van der Waals surface area contributed by atoms with Crippen LogP contribution in [0.15, 0.2) is 182 Å². The van der Waals surface area contributed by atoms with Gasteiger partial charge in [-0.15, -0.1) is 0 Å². The number of nitrogens with zero attached hydrogens (tertiary/aromatic N) is 6. The highest BCUT2D eigenvalue weighted by Crippen LogP contribution is 2.65. The molecule has 6 aromatic rings. The molecular formula is C46H40N6O2. The normalized spacial score (nSPS) is 22.4. The first-order chi connectivity index (χ1) is 26.6. The summed E-state index contributed by atoms with van der Waals surface area (Å²) in [6.45, 7) is 1.24. The molecule has 8 heteroatoms. The fraction of sp³-hybridized carbons (Fsp3) is 0.174. The third kappa shape index (κ3) is 4.50. The second kappa shape index (κ2) is 12.7. The molecule has 54 heavy (non-hydrogen) atoms. The van der Waals surface area contributed by atoms with E-state index in [-0.39, 0.29) is 24.1 Å². The molecule has 10 rings (SSSR count). The predicted octanol–water partition coefficient (Wildman–Crippen LogP) is 8.21. The first-order valence-electron chi connectivity index (χ1n) is 18.6. The summed E-state index contributed by atoms with van der Waals surface area (Å²) in [5.41, 5.74) is 3.92. The molecule has 0 spiro atoms. The molecule has 0 unspecified atom stereocenters. The zero-order valence-corrected chi connectivity index (χ0v) is 29.8. The molecule has 4 heterocycles. The van der Waals surface area contributed by atoms with Crippen LogP contribution >= 0.6 is 0 Å². The van der Waals surface area contributed by atoms with Crippen LogP contribution in [0.5, 0.6) is 0 Å². The SMILES string of the molecule is O=C1N2CN(C(c3ccccc3)c3ccccc3)CN3C(=O)N4CN(C(c5ccccc5)c5ccccc5)CN1C4(c1ccccc1)C23c1ccccc1. The summed E-state index contributed by atoms with van der Waals surface area (Å²) in [5.74, 6) is 0. The Bertz CT molecular complexity index is 2000. The van der Waals surface area contributed by atoms with Gasteiger partial charge in [0.25, 0.3) is 0 Å². The van der Waals surface area contributed by atoms with Crippen molar-refractivity contribution in [3.05, 3.63) is 215 Å². The van der Waals surface area contributed by atoms with E-state index >= 15 is 9.59 Å². The first-order valence-corrected chi connectivity index (χ1v) is 18.6. The molecule has 6 aromatic carbocycles. The fourth-order valence-corrected chi connectivity index (χ4v) is 9.82. The number of urea groups is 2. The molecule has 266 valence electrons. The van der Waals surface area contributed by atoms with Crippen molar-refractivity contribution in [2.75, 3.05) is 26.7 Å². The molecule has 8 nitrogen and oxygen atoms in total. The van der Waals surface area contributed by atoms with Gasteiger partial charge >= 0.3 is 12.1 Å². The Morgan fingerprint density at radius 1 is 0.333 bits per heavy atom. The minimum absolute atomic E-state index is 0.112. The van der Waals surface area contributed by atoms with Gasteiger partial charge in [-0.1, -0.05) is 182 Å². The average molecular weight is 709 g/mol. The summed E-state index contributed by atoms with van der Waals surface area (Å²) in [7, 11) is 0. The van der Waals surface area contributed by atoms with E-state index in [0.717, 1.165) is 33.4 Å². The minimum atomic E-state index is -1.15. The predicted molar refractivity (Wildman–Crippen MR) is 207 cm³/mol. The van der Waals surface area contributed by atoms with Crippen LogP contribution in [-0.2, 0) is 11.3 Å². The lowest BCUT2D eigenvalue weighted by molar-refractivity contribution is -0.166. The van der Waals surface area contributed by atoms with Gasteiger partial charge in [0.1, 0.15) is 0 Å². The fourth-order valence-electron chi connectivity index (χ4n) is 9.82. The molecule has 0 bridgehead atoms. The smallest absolute Gasteiger partial charge is 0.280 e. The molecular weight excluding hydrogens is 669 g/mol. The Hall–Kier alpha value is -6.22. The lowest BCUT2D eigenvalue weighted by Crippen LogP contribution is -2.71. The van der Waals surface area contributed by atoms with Crippen molar-refractivity contribution in [3.8, 4) is 0 Å². The summed E-state index contributed by atoms with van der Waals surface area (Å²) < 4.78 is 0. The largest absolute Gasteiger partial charge is 0.326 e. The van der Waals surface area contributed by atoms with E-state index in [2.05, 4.69) is 131 Å². The Morgan fingerprint density at radius 3 is 0.796 bits per heavy atom. The lowest BCUT2D eigenvalue weighted by Gasteiger charge is -2.56. The number of hydrogen-bond donors (Lipinski definition) is 0. The number of carbonyl (C=O) groups excluding carboxylic acids is 2. The molecule has 4 amide bonds. The van der Waals surface area contributed by atoms with Gasteiger partial charge in [-0.25, -0.2) is 9.59 Å². The van der Waals surface area contributed by atoms with Crippen LogP contribution < -0.4 is 0 Å². The van der Waals surface area contributed by atoms with Crippen molar-refractivity contribution in [2.24, 2.45) is 0 Å². The van der Waals surface area contributed by atoms with Gasteiger partial charge in [-0.05, 0) is 22.3 Å². The van der Waals surface area contributed by atoms with Crippen LogP contribution in [-0.4, -0.2) is 68.1 Å². The summed E-state index contributed by atoms with van der Waals surface area (Å²) in [4.78, 5) is 43.9. The summed E-state index contributed by atoms with van der Waals surface area (Å²) in [6.07, 6.45) is 0. The molecule has 4 saturated heterocycles. The van der Waals surface area contributed by atoms with Crippen LogP contribution in [0.1, 0.15) is 45.5 Å². The number of carbonyl (C=O) groups is 2. The third-order valence-electron chi connectivity index (χ3n) is 11.8. The highest BCUT2D eigenvalue weighted by atomic mass is 16.2. The molecule has 4 aliphatic rings. The van der Waals surface area contributed by atoms with Crippen LogP contribution in [0.2, 0.25) is 0 Å². The summed E-state index contributed by atoms with van der Waals surface area (Å²) in [5, 5.41) is 0. The standard InChI is InChI=1S/C46H40N6O2/c53-43-49-31-47(41(35-19-7-1-8-20-35)36-21-9-2-10-22-36)32-50-44(54)52-34-48(42(37-23-11-3-12-24-37)38-25-13-4-14-26-38)33-51(43)46(52,40-29-17-6-18-30-40)45(49,50)39-27-15-5-16-28-39/h1-30,41-42H,31-34H2. The lowest BCUT2D eigenvalue weighted by atomic mass is 9.79. The van der Waals surface area contributed by atoms with Crippen LogP contribution in [0.25, 0.3) is 0 Å². The van der Waals surface area contributed by atoms with Crippen molar-refractivity contribution in [1.29, 1.82) is 0 Å². The van der Waals surface area contributed by atoms with Gasteiger partial charge in [0, 0.05) is 11.1 Å². The maximum atomic E-state index is 15.7. The van der Waals surface area contributed by atoms with E-state index < -0.39 is 11.3 Å². The van der Waals surface area contributed by atoms with E-state index in [1.807, 2.05) is 80.3 Å². The third-order valence-corrected chi connectivity index (χ3v) is 11.8. The molecule has 4 aliphatic heterocycles. The van der Waals surface area contributed by atoms with E-state index in [1.165, 1.54) is 0 Å². The molecule has 0 aromatic heterocycles. The van der Waals surface area contributed by atoms with Gasteiger partial charge in [0.15, 0.2) is 11.3 Å². The maximum absolute atomic E-state index is 15.7. The second-order valence-corrected chi connectivity index (χ2v) is 14.5. The average Bonchev–Trinajstić information content (AvgIpc) is 3.62. The van der Waals surface area contributed by atoms with Gasteiger partial charge < -0.3 is 0 Å². The van der Waals surface area contributed by atoms with Gasteiger partial charge in [0.05, 0.1) is 38.8 Å². The van der Waals surface area contributed by atoms with Crippen molar-refractivity contribution >= 4 is 12.1 Å². The number of benzene rings is 6. The molecule has 0 aliphatic carbocycles. The maximum Gasteiger partial charge on any atom is 0.326 e. The number of amides is 4. The summed E-state index contributed by atoms with van der Waals surface area (Å²) in [6, 6.07) is 61.4. The van der Waals surface area contributed by atoms with Crippen LogP contribution in [0.3, 0.4) is 0 Å². The Balaban J connectivity index is 1.19. The Labute approximate surface area is 315 Å². The zero-order valence-electron chi connectivity index (χ0n) is 29.8. The molecule has 0 N–H and O–H groups in total. The molecule has 0 radical (unpaired) electrons.